The normalized spacial score (nSPS) is 13.8. The molecule has 0 heterocycles. The Morgan fingerprint density at radius 2 is 0.931 bits per heavy atom. The first kappa shape index (κ1) is 15.5. The van der Waals surface area contributed by atoms with Crippen molar-refractivity contribution in [3.8, 4) is 11.1 Å². The fraction of sp³-hybridized carbons (Fsp3) is 0.103. The van der Waals surface area contributed by atoms with Gasteiger partial charge in [-0.3, -0.25) is 0 Å². The molecule has 0 aliphatic heterocycles. The summed E-state index contributed by atoms with van der Waals surface area (Å²) < 4.78 is 0. The summed E-state index contributed by atoms with van der Waals surface area (Å²) in [5, 5.41) is 5.52. The summed E-state index contributed by atoms with van der Waals surface area (Å²) in [7, 11) is 0. The van der Waals surface area contributed by atoms with Crippen LogP contribution in [0, 0.1) is 0 Å². The minimum absolute atomic E-state index is 1.04. The fourth-order valence-electron chi connectivity index (χ4n) is 5.67. The zero-order valence-corrected chi connectivity index (χ0v) is 16.2. The lowest BCUT2D eigenvalue weighted by molar-refractivity contribution is 1.01. The summed E-state index contributed by atoms with van der Waals surface area (Å²) >= 11 is 0. The summed E-state index contributed by atoms with van der Waals surface area (Å²) in [6, 6.07) is 31.8. The van der Waals surface area contributed by atoms with Crippen molar-refractivity contribution in [2.24, 2.45) is 0 Å². The Hall–Kier alpha value is -3.38. The van der Waals surface area contributed by atoms with Gasteiger partial charge in [0.15, 0.2) is 0 Å². The van der Waals surface area contributed by atoms with E-state index in [4.69, 9.17) is 0 Å². The van der Waals surface area contributed by atoms with Gasteiger partial charge in [-0.15, -0.1) is 0 Å². The van der Waals surface area contributed by atoms with Crippen molar-refractivity contribution in [1.29, 1.82) is 0 Å². The number of fused-ring (bicyclic) bond motifs is 10. The Morgan fingerprint density at radius 1 is 0.379 bits per heavy atom. The van der Waals surface area contributed by atoms with Gasteiger partial charge in [0.25, 0.3) is 0 Å². The summed E-state index contributed by atoms with van der Waals surface area (Å²) in [5.74, 6) is 0. The average molecular weight is 368 g/mol. The number of hydrogen-bond donors (Lipinski definition) is 0. The highest BCUT2D eigenvalue weighted by atomic mass is 14.3. The highest BCUT2D eigenvalue weighted by Gasteiger charge is 2.28. The summed E-state index contributed by atoms with van der Waals surface area (Å²) in [5.41, 5.74) is 12.1. The lowest BCUT2D eigenvalue weighted by atomic mass is 9.79. The van der Waals surface area contributed by atoms with Crippen LogP contribution >= 0.6 is 0 Å². The molecule has 0 heteroatoms. The molecule has 0 spiro atoms. The molecule has 5 aromatic rings. The summed E-state index contributed by atoms with van der Waals surface area (Å²) in [4.78, 5) is 0. The Balaban J connectivity index is 1.49. The van der Waals surface area contributed by atoms with Crippen LogP contribution in [-0.4, -0.2) is 0 Å². The molecule has 0 bridgehead atoms. The van der Waals surface area contributed by atoms with Crippen molar-refractivity contribution in [2.45, 2.75) is 19.3 Å². The van der Waals surface area contributed by atoms with E-state index >= 15 is 0 Å². The largest absolute Gasteiger partial charge is 0.0616 e. The first-order valence-electron chi connectivity index (χ1n) is 10.5. The molecule has 0 N–H and O–H groups in total. The fourth-order valence-corrected chi connectivity index (χ4v) is 5.67. The van der Waals surface area contributed by atoms with Gasteiger partial charge in [-0.2, -0.15) is 0 Å². The molecule has 136 valence electrons. The Labute approximate surface area is 170 Å². The monoisotopic (exact) mass is 368 g/mol. The molecule has 2 aliphatic rings. The molecule has 7 rings (SSSR count). The van der Waals surface area contributed by atoms with Gasteiger partial charge < -0.3 is 0 Å². The van der Waals surface area contributed by atoms with Gasteiger partial charge in [-0.05, 0) is 85.3 Å². The molecule has 0 atom stereocenters. The SMILES string of the molecule is c1ccc2c3c(ccc2c1)Cc1c(ccc2c1-c1c(ccc4ccccc14)C2)C3. The second kappa shape index (κ2) is 5.58. The van der Waals surface area contributed by atoms with Crippen molar-refractivity contribution in [3.05, 3.63) is 118 Å². The standard InChI is InChI=1S/C29H20/c1-3-7-24-18(5-1)9-11-20-17-27-21(16-26(20)24)12-14-23-15-22-13-10-19-6-2-4-8-25(19)28(22)29(23)27/h1-14H,15-17H2. The van der Waals surface area contributed by atoms with E-state index in [-0.39, 0.29) is 0 Å². The minimum Gasteiger partial charge on any atom is -0.0616 e. The van der Waals surface area contributed by atoms with Gasteiger partial charge >= 0.3 is 0 Å². The molecule has 0 amide bonds. The number of hydrogen-bond acceptors (Lipinski definition) is 0. The number of benzene rings is 5. The zero-order chi connectivity index (χ0) is 18.9. The topological polar surface area (TPSA) is 0 Å². The van der Waals surface area contributed by atoms with Crippen LogP contribution in [0.4, 0.5) is 0 Å². The van der Waals surface area contributed by atoms with Crippen LogP contribution in [0.3, 0.4) is 0 Å². The summed E-state index contributed by atoms with van der Waals surface area (Å²) in [6.07, 6.45) is 3.15. The molecular formula is C29H20. The molecular weight excluding hydrogens is 348 g/mol. The van der Waals surface area contributed by atoms with Crippen molar-refractivity contribution in [2.75, 3.05) is 0 Å². The smallest absolute Gasteiger partial charge is 0.00131 e. The second-order valence-corrected chi connectivity index (χ2v) is 8.51. The third-order valence-electron chi connectivity index (χ3n) is 7.01. The van der Waals surface area contributed by atoms with Crippen LogP contribution in [0.5, 0.6) is 0 Å². The lowest BCUT2D eigenvalue weighted by Crippen LogP contribution is -2.10. The van der Waals surface area contributed by atoms with Gasteiger partial charge in [0.1, 0.15) is 0 Å². The Bertz CT molecular complexity index is 1470. The van der Waals surface area contributed by atoms with Crippen LogP contribution in [0.2, 0.25) is 0 Å². The van der Waals surface area contributed by atoms with Crippen LogP contribution in [0.1, 0.15) is 33.4 Å². The first-order chi connectivity index (χ1) is 14.4. The third-order valence-corrected chi connectivity index (χ3v) is 7.01. The van der Waals surface area contributed by atoms with E-state index in [1.54, 1.807) is 5.56 Å². The second-order valence-electron chi connectivity index (χ2n) is 8.51. The van der Waals surface area contributed by atoms with E-state index in [0.29, 0.717) is 0 Å². The van der Waals surface area contributed by atoms with Crippen molar-refractivity contribution in [3.63, 3.8) is 0 Å². The molecule has 0 fully saturated rings. The van der Waals surface area contributed by atoms with Crippen LogP contribution in [0.15, 0.2) is 84.9 Å². The van der Waals surface area contributed by atoms with Gasteiger partial charge in [0, 0.05) is 0 Å². The molecule has 0 aromatic heterocycles. The third kappa shape index (κ3) is 2.09. The quantitative estimate of drug-likeness (QED) is 0.269. The molecule has 0 saturated carbocycles. The maximum absolute atomic E-state index is 2.40. The van der Waals surface area contributed by atoms with Gasteiger partial charge in [0.05, 0.1) is 0 Å². The lowest BCUT2D eigenvalue weighted by Gasteiger charge is -2.24. The van der Waals surface area contributed by atoms with E-state index in [1.807, 2.05) is 0 Å². The van der Waals surface area contributed by atoms with Crippen LogP contribution in [0.25, 0.3) is 32.7 Å². The van der Waals surface area contributed by atoms with Crippen LogP contribution in [-0.2, 0) is 19.3 Å². The molecule has 5 aromatic carbocycles. The Kier molecular flexibility index (Phi) is 2.99. The molecule has 2 aliphatic carbocycles. The first-order valence-corrected chi connectivity index (χ1v) is 10.5. The highest BCUT2D eigenvalue weighted by molar-refractivity contribution is 6.02. The van der Waals surface area contributed by atoms with Crippen molar-refractivity contribution >= 4 is 21.5 Å². The van der Waals surface area contributed by atoms with E-state index in [9.17, 15) is 0 Å². The molecule has 0 radical (unpaired) electrons. The Morgan fingerprint density at radius 3 is 1.79 bits per heavy atom. The minimum atomic E-state index is 1.04. The maximum atomic E-state index is 2.40. The number of rotatable bonds is 0. The highest BCUT2D eigenvalue weighted by Crippen LogP contribution is 2.46. The average Bonchev–Trinajstić information content (AvgIpc) is 3.17. The summed E-state index contributed by atoms with van der Waals surface area (Å²) in [6.45, 7) is 0. The van der Waals surface area contributed by atoms with Crippen molar-refractivity contribution < 1.29 is 0 Å². The molecule has 0 unspecified atom stereocenters. The predicted octanol–water partition coefficient (Wildman–Crippen LogP) is 7.06. The van der Waals surface area contributed by atoms with Gasteiger partial charge in [0.2, 0.25) is 0 Å². The van der Waals surface area contributed by atoms with E-state index in [0.717, 1.165) is 19.3 Å². The van der Waals surface area contributed by atoms with Crippen molar-refractivity contribution in [1.82, 2.24) is 0 Å². The maximum Gasteiger partial charge on any atom is -0.00131 e. The molecule has 0 nitrogen and oxygen atoms in total. The molecule has 0 saturated heterocycles. The predicted molar refractivity (Wildman–Crippen MR) is 122 cm³/mol. The van der Waals surface area contributed by atoms with E-state index in [1.165, 1.54) is 60.5 Å². The van der Waals surface area contributed by atoms with Gasteiger partial charge in [-0.1, -0.05) is 84.9 Å². The van der Waals surface area contributed by atoms with E-state index in [2.05, 4.69) is 84.9 Å². The van der Waals surface area contributed by atoms with E-state index < -0.39 is 0 Å². The zero-order valence-electron chi connectivity index (χ0n) is 16.2. The van der Waals surface area contributed by atoms with Gasteiger partial charge in [-0.25, -0.2) is 0 Å². The molecule has 29 heavy (non-hydrogen) atoms. The van der Waals surface area contributed by atoms with Crippen LogP contribution < -0.4 is 0 Å².